The van der Waals surface area contributed by atoms with Crippen molar-refractivity contribution in [2.24, 2.45) is 0 Å². The number of aromatic nitrogens is 3. The predicted molar refractivity (Wildman–Crippen MR) is 91.1 cm³/mol. The summed E-state index contributed by atoms with van der Waals surface area (Å²) in [5, 5.41) is 6.53. The van der Waals surface area contributed by atoms with Crippen LogP contribution in [0.4, 0.5) is 11.8 Å². The van der Waals surface area contributed by atoms with E-state index in [1.807, 2.05) is 31.2 Å². The van der Waals surface area contributed by atoms with Crippen molar-refractivity contribution in [3.05, 3.63) is 30.5 Å². The largest absolute Gasteiger partial charge is 0.370 e. The highest BCUT2D eigenvalue weighted by Crippen LogP contribution is 2.19. The van der Waals surface area contributed by atoms with Crippen LogP contribution in [0.1, 0.15) is 13.3 Å². The van der Waals surface area contributed by atoms with E-state index in [1.54, 1.807) is 6.20 Å². The van der Waals surface area contributed by atoms with Crippen LogP contribution >= 0.6 is 0 Å². The number of nitrogens with one attached hydrogen (secondary N) is 2. The van der Waals surface area contributed by atoms with Crippen molar-refractivity contribution >= 4 is 11.8 Å². The molecule has 6 heteroatoms. The van der Waals surface area contributed by atoms with Crippen LogP contribution in [0.5, 0.6) is 0 Å². The average molecular weight is 300 g/mol. The summed E-state index contributed by atoms with van der Waals surface area (Å²) in [5.74, 6) is 1.45. The molecule has 2 N–H and O–H groups in total. The summed E-state index contributed by atoms with van der Waals surface area (Å²) in [7, 11) is 4.14. The molecule has 0 aliphatic heterocycles. The van der Waals surface area contributed by atoms with Crippen molar-refractivity contribution in [2.75, 3.05) is 44.4 Å². The van der Waals surface area contributed by atoms with E-state index in [-0.39, 0.29) is 0 Å². The third kappa shape index (κ3) is 4.96. The van der Waals surface area contributed by atoms with E-state index in [1.165, 1.54) is 0 Å². The number of pyridine rings is 1. The lowest BCUT2D eigenvalue weighted by atomic mass is 10.2. The maximum Gasteiger partial charge on any atom is 0.225 e. The highest BCUT2D eigenvalue weighted by atomic mass is 15.1. The van der Waals surface area contributed by atoms with E-state index < -0.39 is 0 Å². The van der Waals surface area contributed by atoms with Gasteiger partial charge < -0.3 is 15.5 Å². The summed E-state index contributed by atoms with van der Waals surface area (Å²) in [6.07, 6.45) is 2.81. The van der Waals surface area contributed by atoms with E-state index in [0.717, 1.165) is 43.3 Å². The summed E-state index contributed by atoms with van der Waals surface area (Å²) >= 11 is 0. The topological polar surface area (TPSA) is 66.0 Å². The monoisotopic (exact) mass is 300 g/mol. The molecule has 118 valence electrons. The van der Waals surface area contributed by atoms with E-state index in [4.69, 9.17) is 0 Å². The molecule has 0 saturated carbocycles. The minimum absolute atomic E-state index is 0.637. The zero-order valence-electron chi connectivity index (χ0n) is 13.5. The SMILES string of the molecule is CCNc1cc(-c2ccccn2)nc(NCCCN(C)C)n1. The molecule has 2 rings (SSSR count). The summed E-state index contributed by atoms with van der Waals surface area (Å²) in [6.45, 7) is 4.74. The Labute approximate surface area is 132 Å². The fourth-order valence-corrected chi connectivity index (χ4v) is 2.04. The summed E-state index contributed by atoms with van der Waals surface area (Å²) in [6, 6.07) is 7.74. The van der Waals surface area contributed by atoms with Crippen molar-refractivity contribution in [3.8, 4) is 11.4 Å². The second-order valence-electron chi connectivity index (χ2n) is 5.29. The van der Waals surface area contributed by atoms with Gasteiger partial charge in [-0.25, -0.2) is 4.98 Å². The van der Waals surface area contributed by atoms with Crippen molar-refractivity contribution < 1.29 is 0 Å². The van der Waals surface area contributed by atoms with Gasteiger partial charge in [0.05, 0.1) is 11.4 Å². The molecule has 0 spiro atoms. The normalized spacial score (nSPS) is 10.7. The molecule has 0 aromatic carbocycles. The Morgan fingerprint density at radius 3 is 2.64 bits per heavy atom. The number of hydrogen-bond donors (Lipinski definition) is 2. The molecule has 0 aliphatic carbocycles. The van der Waals surface area contributed by atoms with E-state index in [2.05, 4.69) is 44.6 Å². The van der Waals surface area contributed by atoms with Gasteiger partial charge in [-0.2, -0.15) is 4.98 Å². The third-order valence-corrected chi connectivity index (χ3v) is 3.08. The van der Waals surface area contributed by atoms with Gasteiger partial charge in [0.25, 0.3) is 0 Å². The molecule has 2 aromatic rings. The van der Waals surface area contributed by atoms with Crippen LogP contribution < -0.4 is 10.6 Å². The lowest BCUT2D eigenvalue weighted by molar-refractivity contribution is 0.405. The standard InChI is InChI=1S/C16H24N6/c1-4-17-15-12-14(13-8-5-6-9-18-13)20-16(21-15)19-10-7-11-22(2)3/h5-6,8-9,12H,4,7,10-11H2,1-3H3,(H2,17,19,20,21). The lowest BCUT2D eigenvalue weighted by Crippen LogP contribution is -2.17. The molecule has 0 bridgehead atoms. The number of hydrogen-bond acceptors (Lipinski definition) is 6. The quantitative estimate of drug-likeness (QED) is 0.730. The van der Waals surface area contributed by atoms with Crippen LogP contribution in [0.3, 0.4) is 0 Å². The highest BCUT2D eigenvalue weighted by molar-refractivity contribution is 5.60. The van der Waals surface area contributed by atoms with Gasteiger partial charge in [0.15, 0.2) is 0 Å². The number of anilines is 2. The average Bonchev–Trinajstić information content (AvgIpc) is 2.52. The predicted octanol–water partition coefficient (Wildman–Crippen LogP) is 2.33. The minimum Gasteiger partial charge on any atom is -0.370 e. The van der Waals surface area contributed by atoms with Gasteiger partial charge in [0.2, 0.25) is 5.95 Å². The van der Waals surface area contributed by atoms with E-state index in [9.17, 15) is 0 Å². The van der Waals surface area contributed by atoms with E-state index >= 15 is 0 Å². The second kappa shape index (κ2) is 8.29. The molecule has 2 aromatic heterocycles. The van der Waals surface area contributed by atoms with Gasteiger partial charge in [-0.05, 0) is 46.1 Å². The highest BCUT2D eigenvalue weighted by Gasteiger charge is 2.07. The third-order valence-electron chi connectivity index (χ3n) is 3.08. The molecule has 2 heterocycles. The van der Waals surface area contributed by atoms with Crippen LogP contribution in [0.2, 0.25) is 0 Å². The lowest BCUT2D eigenvalue weighted by Gasteiger charge is -2.12. The Balaban J connectivity index is 2.13. The molecule has 0 fully saturated rings. The van der Waals surface area contributed by atoms with Crippen molar-refractivity contribution in [1.29, 1.82) is 0 Å². The maximum atomic E-state index is 4.56. The number of nitrogens with zero attached hydrogens (tertiary/aromatic N) is 4. The van der Waals surface area contributed by atoms with Crippen molar-refractivity contribution in [1.82, 2.24) is 19.9 Å². The Morgan fingerprint density at radius 1 is 1.09 bits per heavy atom. The van der Waals surface area contributed by atoms with Gasteiger partial charge in [-0.1, -0.05) is 6.07 Å². The Morgan fingerprint density at radius 2 is 1.95 bits per heavy atom. The first-order valence-electron chi connectivity index (χ1n) is 7.62. The Hall–Kier alpha value is -2.21. The Bertz CT molecular complexity index is 570. The van der Waals surface area contributed by atoms with Crippen LogP contribution in [0, 0.1) is 0 Å². The zero-order chi connectivity index (χ0) is 15.8. The maximum absolute atomic E-state index is 4.56. The molecule has 0 unspecified atom stereocenters. The van der Waals surface area contributed by atoms with Gasteiger partial charge in [-0.3, -0.25) is 4.98 Å². The van der Waals surface area contributed by atoms with E-state index in [0.29, 0.717) is 5.95 Å². The van der Waals surface area contributed by atoms with Gasteiger partial charge >= 0.3 is 0 Å². The molecular weight excluding hydrogens is 276 g/mol. The molecule has 0 radical (unpaired) electrons. The molecule has 0 aliphatic rings. The Kier molecular flexibility index (Phi) is 6.09. The second-order valence-corrected chi connectivity index (χ2v) is 5.29. The molecule has 0 saturated heterocycles. The smallest absolute Gasteiger partial charge is 0.225 e. The minimum atomic E-state index is 0.637. The first-order valence-corrected chi connectivity index (χ1v) is 7.62. The first kappa shape index (κ1) is 16.2. The fourth-order valence-electron chi connectivity index (χ4n) is 2.04. The summed E-state index contributed by atoms with van der Waals surface area (Å²) in [5.41, 5.74) is 1.67. The molecular formula is C16H24N6. The molecule has 6 nitrogen and oxygen atoms in total. The van der Waals surface area contributed by atoms with Gasteiger partial charge in [-0.15, -0.1) is 0 Å². The summed E-state index contributed by atoms with van der Waals surface area (Å²) < 4.78 is 0. The van der Waals surface area contributed by atoms with Crippen molar-refractivity contribution in [2.45, 2.75) is 13.3 Å². The van der Waals surface area contributed by atoms with Crippen LogP contribution in [0.15, 0.2) is 30.5 Å². The first-order chi connectivity index (χ1) is 10.7. The van der Waals surface area contributed by atoms with Crippen molar-refractivity contribution in [3.63, 3.8) is 0 Å². The number of rotatable bonds is 8. The van der Waals surface area contributed by atoms with Gasteiger partial charge in [0.1, 0.15) is 5.82 Å². The molecule has 0 amide bonds. The summed E-state index contributed by atoms with van der Waals surface area (Å²) in [4.78, 5) is 15.6. The van der Waals surface area contributed by atoms with Crippen LogP contribution in [-0.4, -0.2) is 53.6 Å². The van der Waals surface area contributed by atoms with Crippen LogP contribution in [-0.2, 0) is 0 Å². The van der Waals surface area contributed by atoms with Crippen LogP contribution in [0.25, 0.3) is 11.4 Å². The fraction of sp³-hybridized carbons (Fsp3) is 0.438. The zero-order valence-corrected chi connectivity index (χ0v) is 13.5. The molecule has 0 atom stereocenters. The molecule has 22 heavy (non-hydrogen) atoms. The van der Waals surface area contributed by atoms with Gasteiger partial charge in [0, 0.05) is 25.4 Å².